The van der Waals surface area contributed by atoms with E-state index in [1.165, 1.54) is 0 Å². The van der Waals surface area contributed by atoms with Crippen LogP contribution in [0.5, 0.6) is 11.6 Å². The van der Waals surface area contributed by atoms with Crippen LogP contribution in [0.2, 0.25) is 0 Å². The second-order valence-electron chi connectivity index (χ2n) is 4.70. The number of hydrogen-bond donors (Lipinski definition) is 1. The Hall–Kier alpha value is -2.50. The molecule has 0 spiro atoms. The van der Waals surface area contributed by atoms with E-state index in [2.05, 4.69) is 10.4 Å². The predicted octanol–water partition coefficient (Wildman–Crippen LogP) is 2.32. The van der Waals surface area contributed by atoms with Gasteiger partial charge < -0.3 is 14.8 Å². The van der Waals surface area contributed by atoms with E-state index in [-0.39, 0.29) is 5.91 Å². The Kier molecular flexibility index (Phi) is 3.77. The van der Waals surface area contributed by atoms with Gasteiger partial charge in [0.2, 0.25) is 5.88 Å². The van der Waals surface area contributed by atoms with Gasteiger partial charge in [0.15, 0.2) is 5.69 Å². The number of ether oxygens (including phenoxy) is 2. The number of fused-ring (bicyclic) bond motifs is 1. The van der Waals surface area contributed by atoms with Gasteiger partial charge in [0, 0.05) is 24.7 Å². The molecule has 21 heavy (non-hydrogen) atoms. The highest BCUT2D eigenvalue weighted by Gasteiger charge is 2.17. The number of amides is 1. The molecule has 6 nitrogen and oxygen atoms in total. The molecule has 1 aromatic heterocycles. The van der Waals surface area contributed by atoms with Crippen molar-refractivity contribution in [3.05, 3.63) is 36.0 Å². The van der Waals surface area contributed by atoms with Crippen molar-refractivity contribution in [1.29, 1.82) is 0 Å². The van der Waals surface area contributed by atoms with Crippen LogP contribution in [-0.4, -0.2) is 28.9 Å². The number of benzene rings is 1. The topological polar surface area (TPSA) is 65.4 Å². The van der Waals surface area contributed by atoms with Gasteiger partial charge >= 0.3 is 0 Å². The Morgan fingerprint density at radius 2 is 2.24 bits per heavy atom. The van der Waals surface area contributed by atoms with E-state index < -0.39 is 0 Å². The molecule has 0 atom stereocenters. The highest BCUT2D eigenvalue weighted by atomic mass is 16.5. The van der Waals surface area contributed by atoms with E-state index in [1.807, 2.05) is 19.1 Å². The molecule has 0 radical (unpaired) electrons. The van der Waals surface area contributed by atoms with Crippen molar-refractivity contribution in [2.75, 3.05) is 18.5 Å². The first-order valence-electron chi connectivity index (χ1n) is 7.01. The summed E-state index contributed by atoms with van der Waals surface area (Å²) in [6.45, 7) is 4.00. The smallest absolute Gasteiger partial charge is 0.276 e. The van der Waals surface area contributed by atoms with Crippen LogP contribution >= 0.6 is 0 Å². The molecule has 1 aromatic carbocycles. The molecular weight excluding hydrogens is 270 g/mol. The summed E-state index contributed by atoms with van der Waals surface area (Å²) in [5.41, 5.74) is 1.07. The standard InChI is InChI=1S/C15H17N3O3/c1-2-20-12-6-4-11(5-7-12)16-15(19)13-10-14-18(17-13)8-3-9-21-14/h4-7,10H,2-3,8-9H2,1H3,(H,16,19). The summed E-state index contributed by atoms with van der Waals surface area (Å²) in [6, 6.07) is 8.91. The third-order valence-electron chi connectivity index (χ3n) is 3.16. The van der Waals surface area contributed by atoms with Gasteiger partial charge in [0.1, 0.15) is 5.75 Å². The van der Waals surface area contributed by atoms with Gasteiger partial charge in [-0.2, -0.15) is 5.10 Å². The number of anilines is 1. The first-order valence-corrected chi connectivity index (χ1v) is 7.01. The lowest BCUT2D eigenvalue weighted by molar-refractivity contribution is 0.102. The van der Waals surface area contributed by atoms with Gasteiger partial charge in [-0.25, -0.2) is 4.68 Å². The lowest BCUT2D eigenvalue weighted by atomic mass is 10.3. The fourth-order valence-electron chi connectivity index (χ4n) is 2.17. The second kappa shape index (κ2) is 5.87. The minimum atomic E-state index is -0.246. The average Bonchev–Trinajstić information content (AvgIpc) is 2.94. The van der Waals surface area contributed by atoms with Crippen molar-refractivity contribution >= 4 is 11.6 Å². The van der Waals surface area contributed by atoms with Gasteiger partial charge in [-0.3, -0.25) is 4.79 Å². The van der Waals surface area contributed by atoms with Crippen molar-refractivity contribution in [3.8, 4) is 11.6 Å². The molecule has 2 heterocycles. The van der Waals surface area contributed by atoms with Crippen LogP contribution < -0.4 is 14.8 Å². The minimum absolute atomic E-state index is 0.246. The van der Waals surface area contributed by atoms with Crippen molar-refractivity contribution in [2.45, 2.75) is 19.9 Å². The maximum absolute atomic E-state index is 12.2. The normalized spacial score (nSPS) is 13.2. The summed E-state index contributed by atoms with van der Waals surface area (Å²) in [7, 11) is 0. The number of carbonyl (C=O) groups is 1. The van der Waals surface area contributed by atoms with Crippen molar-refractivity contribution in [2.24, 2.45) is 0 Å². The molecule has 1 amide bonds. The molecule has 0 aliphatic carbocycles. The van der Waals surface area contributed by atoms with Crippen LogP contribution in [-0.2, 0) is 6.54 Å². The summed E-state index contributed by atoms with van der Waals surface area (Å²) >= 11 is 0. The molecule has 6 heteroatoms. The van der Waals surface area contributed by atoms with E-state index in [0.29, 0.717) is 30.5 Å². The monoisotopic (exact) mass is 287 g/mol. The van der Waals surface area contributed by atoms with E-state index in [1.54, 1.807) is 22.9 Å². The Balaban J connectivity index is 1.69. The second-order valence-corrected chi connectivity index (χ2v) is 4.70. The summed E-state index contributed by atoms with van der Waals surface area (Å²) in [4.78, 5) is 12.2. The molecule has 1 aliphatic heterocycles. The van der Waals surface area contributed by atoms with Crippen LogP contribution in [0.25, 0.3) is 0 Å². The lowest BCUT2D eigenvalue weighted by Crippen LogP contribution is -2.16. The van der Waals surface area contributed by atoms with E-state index in [0.717, 1.165) is 18.7 Å². The maximum atomic E-state index is 12.2. The van der Waals surface area contributed by atoms with Crippen molar-refractivity contribution in [1.82, 2.24) is 9.78 Å². The zero-order chi connectivity index (χ0) is 14.7. The van der Waals surface area contributed by atoms with Gasteiger partial charge in [0.25, 0.3) is 5.91 Å². The molecule has 0 bridgehead atoms. The van der Waals surface area contributed by atoms with Crippen LogP contribution in [0.3, 0.4) is 0 Å². The third kappa shape index (κ3) is 2.99. The van der Waals surface area contributed by atoms with Gasteiger partial charge in [-0.15, -0.1) is 0 Å². The van der Waals surface area contributed by atoms with Gasteiger partial charge in [-0.05, 0) is 31.2 Å². The fraction of sp³-hybridized carbons (Fsp3) is 0.333. The Bertz CT molecular complexity index is 611. The molecule has 0 saturated carbocycles. The van der Waals surface area contributed by atoms with Crippen molar-refractivity contribution < 1.29 is 14.3 Å². The molecule has 0 unspecified atom stereocenters. The zero-order valence-corrected chi connectivity index (χ0v) is 11.8. The maximum Gasteiger partial charge on any atom is 0.276 e. The first kappa shape index (κ1) is 13.5. The summed E-state index contributed by atoms with van der Waals surface area (Å²) in [6.07, 6.45) is 0.911. The summed E-state index contributed by atoms with van der Waals surface area (Å²) < 4.78 is 12.5. The van der Waals surface area contributed by atoms with Gasteiger partial charge in [0.05, 0.1) is 13.2 Å². The average molecular weight is 287 g/mol. The number of hydrogen-bond acceptors (Lipinski definition) is 4. The first-order chi connectivity index (χ1) is 10.3. The molecule has 1 N–H and O–H groups in total. The van der Waals surface area contributed by atoms with Crippen LogP contribution in [0.1, 0.15) is 23.8 Å². The quantitative estimate of drug-likeness (QED) is 0.937. The van der Waals surface area contributed by atoms with Crippen LogP contribution in [0, 0.1) is 0 Å². The van der Waals surface area contributed by atoms with E-state index in [4.69, 9.17) is 9.47 Å². The molecule has 0 fully saturated rings. The fourth-order valence-corrected chi connectivity index (χ4v) is 2.17. The SMILES string of the molecule is CCOc1ccc(NC(=O)c2cc3n(n2)CCCO3)cc1. The number of aryl methyl sites for hydroxylation is 1. The highest BCUT2D eigenvalue weighted by Crippen LogP contribution is 2.20. The van der Waals surface area contributed by atoms with E-state index >= 15 is 0 Å². The zero-order valence-electron chi connectivity index (χ0n) is 11.8. The number of carbonyl (C=O) groups excluding carboxylic acids is 1. The molecule has 2 aromatic rings. The van der Waals surface area contributed by atoms with Crippen LogP contribution in [0.15, 0.2) is 30.3 Å². The number of nitrogens with one attached hydrogen (secondary N) is 1. The molecule has 110 valence electrons. The highest BCUT2D eigenvalue weighted by molar-refractivity contribution is 6.03. The van der Waals surface area contributed by atoms with Gasteiger partial charge in [-0.1, -0.05) is 0 Å². The minimum Gasteiger partial charge on any atom is -0.494 e. The molecule has 0 saturated heterocycles. The Morgan fingerprint density at radius 1 is 1.43 bits per heavy atom. The predicted molar refractivity (Wildman–Crippen MR) is 77.9 cm³/mol. The lowest BCUT2D eigenvalue weighted by Gasteiger charge is -2.13. The van der Waals surface area contributed by atoms with Crippen LogP contribution in [0.4, 0.5) is 5.69 Å². The third-order valence-corrected chi connectivity index (χ3v) is 3.16. The number of aromatic nitrogens is 2. The summed E-state index contributed by atoms with van der Waals surface area (Å²) in [5, 5.41) is 7.06. The molecule has 1 aliphatic rings. The number of rotatable bonds is 4. The van der Waals surface area contributed by atoms with E-state index in [9.17, 15) is 4.79 Å². The molecular formula is C15H17N3O3. The van der Waals surface area contributed by atoms with Crippen molar-refractivity contribution in [3.63, 3.8) is 0 Å². The largest absolute Gasteiger partial charge is 0.494 e. The summed E-state index contributed by atoms with van der Waals surface area (Å²) in [5.74, 6) is 1.18. The Labute approximate surface area is 122 Å². The molecule has 3 rings (SSSR count). The number of nitrogens with zero attached hydrogens (tertiary/aromatic N) is 2. The Morgan fingerprint density at radius 3 is 2.95 bits per heavy atom.